The number of ketones is 1. The number of methoxy groups -OCH3 is 1. The molecule has 3 rings (SSSR count). The second-order valence-corrected chi connectivity index (χ2v) is 6.59. The fraction of sp³-hybridized carbons (Fsp3) is 0.222. The molecule has 0 spiro atoms. The van der Waals surface area contributed by atoms with Crippen molar-refractivity contribution in [2.24, 2.45) is 0 Å². The van der Waals surface area contributed by atoms with Crippen molar-refractivity contribution >= 4 is 23.5 Å². The number of nitrogens with zero attached hydrogens (tertiary/aromatic N) is 3. The Morgan fingerprint density at radius 1 is 1.23 bits per heavy atom. The van der Waals surface area contributed by atoms with Gasteiger partial charge in [0, 0.05) is 11.4 Å². The number of thioether (sulfide) groups is 1. The molecule has 3 aromatic rings. The number of benzene rings is 1. The lowest BCUT2D eigenvalue weighted by molar-refractivity contribution is 0.0599. The Bertz CT molecular complexity index is 947. The van der Waals surface area contributed by atoms with E-state index in [1.54, 1.807) is 20.2 Å². The van der Waals surface area contributed by atoms with E-state index < -0.39 is 5.97 Å². The van der Waals surface area contributed by atoms with Crippen molar-refractivity contribution in [2.75, 3.05) is 12.9 Å². The number of aryl methyl sites for hydroxylation is 1. The molecule has 7 nitrogen and oxygen atoms in total. The van der Waals surface area contributed by atoms with Gasteiger partial charge in [0.05, 0.1) is 24.1 Å². The van der Waals surface area contributed by atoms with E-state index in [-0.39, 0.29) is 11.5 Å². The van der Waals surface area contributed by atoms with Crippen LogP contribution >= 0.6 is 11.8 Å². The molecule has 0 radical (unpaired) electrons. The highest BCUT2D eigenvalue weighted by Gasteiger charge is 2.22. The Kier molecular flexibility index (Phi) is 5.22. The average Bonchev–Trinajstić information content (AvgIpc) is 3.24. The molecule has 0 aliphatic heterocycles. The molecule has 0 fully saturated rings. The van der Waals surface area contributed by atoms with Crippen molar-refractivity contribution in [3.05, 3.63) is 59.2 Å². The smallest absolute Gasteiger partial charge is 0.339 e. The Morgan fingerprint density at radius 3 is 2.65 bits per heavy atom. The normalized spacial score (nSPS) is 10.7. The maximum Gasteiger partial charge on any atom is 0.339 e. The number of H-pyrrole nitrogens is 1. The van der Waals surface area contributed by atoms with Gasteiger partial charge in [0.1, 0.15) is 6.33 Å². The van der Waals surface area contributed by atoms with Crippen molar-refractivity contribution in [3.8, 4) is 5.69 Å². The lowest BCUT2D eigenvalue weighted by Gasteiger charge is -2.05. The highest BCUT2D eigenvalue weighted by molar-refractivity contribution is 7.99. The maximum atomic E-state index is 12.6. The zero-order valence-corrected chi connectivity index (χ0v) is 15.5. The minimum Gasteiger partial charge on any atom is -0.465 e. The van der Waals surface area contributed by atoms with E-state index in [0.717, 1.165) is 5.69 Å². The van der Waals surface area contributed by atoms with Gasteiger partial charge in [0.2, 0.25) is 0 Å². The summed E-state index contributed by atoms with van der Waals surface area (Å²) in [4.78, 5) is 27.5. The number of esters is 1. The van der Waals surface area contributed by atoms with Crippen molar-refractivity contribution in [3.63, 3.8) is 0 Å². The monoisotopic (exact) mass is 370 g/mol. The van der Waals surface area contributed by atoms with Crippen molar-refractivity contribution in [1.29, 1.82) is 0 Å². The number of nitrogens with one attached hydrogen (secondary N) is 1. The summed E-state index contributed by atoms with van der Waals surface area (Å²) >= 11 is 1.29. The van der Waals surface area contributed by atoms with E-state index >= 15 is 0 Å². The number of aromatic amines is 1. The molecule has 0 amide bonds. The summed E-state index contributed by atoms with van der Waals surface area (Å²) in [6.45, 7) is 3.48. The van der Waals surface area contributed by atoms with Gasteiger partial charge in [-0.2, -0.15) is 0 Å². The summed E-state index contributed by atoms with van der Waals surface area (Å²) in [7, 11) is 1.32. The minimum atomic E-state index is -0.452. The fourth-order valence-corrected chi connectivity index (χ4v) is 3.53. The second kappa shape index (κ2) is 7.57. The van der Waals surface area contributed by atoms with Crippen molar-refractivity contribution < 1.29 is 14.3 Å². The summed E-state index contributed by atoms with van der Waals surface area (Å²) < 4.78 is 6.60. The zero-order chi connectivity index (χ0) is 18.7. The highest BCUT2D eigenvalue weighted by Crippen LogP contribution is 2.23. The van der Waals surface area contributed by atoms with E-state index in [2.05, 4.69) is 15.2 Å². The van der Waals surface area contributed by atoms with Crippen LogP contribution in [0.25, 0.3) is 5.69 Å². The van der Waals surface area contributed by atoms with Gasteiger partial charge in [0.15, 0.2) is 10.9 Å². The number of para-hydroxylation sites is 1. The van der Waals surface area contributed by atoms with Crippen LogP contribution in [0.15, 0.2) is 41.8 Å². The Morgan fingerprint density at radius 2 is 1.96 bits per heavy atom. The molecule has 134 valence electrons. The van der Waals surface area contributed by atoms with E-state index in [4.69, 9.17) is 4.74 Å². The van der Waals surface area contributed by atoms with Gasteiger partial charge in [0.25, 0.3) is 0 Å². The maximum absolute atomic E-state index is 12.6. The number of carbonyl (C=O) groups excluding carboxylic acids is 2. The average molecular weight is 370 g/mol. The van der Waals surface area contributed by atoms with Crippen molar-refractivity contribution in [1.82, 2.24) is 19.7 Å². The largest absolute Gasteiger partial charge is 0.465 e. The van der Waals surface area contributed by atoms with E-state index in [1.165, 1.54) is 18.9 Å². The van der Waals surface area contributed by atoms with Crippen LogP contribution in [0, 0.1) is 13.8 Å². The Balaban J connectivity index is 1.77. The van der Waals surface area contributed by atoms with E-state index in [9.17, 15) is 9.59 Å². The lowest BCUT2D eigenvalue weighted by atomic mass is 10.1. The quantitative estimate of drug-likeness (QED) is 0.408. The van der Waals surface area contributed by atoms with Gasteiger partial charge in [-0.25, -0.2) is 4.79 Å². The summed E-state index contributed by atoms with van der Waals surface area (Å²) in [6.07, 6.45) is 1.61. The highest BCUT2D eigenvalue weighted by atomic mass is 32.2. The predicted molar refractivity (Wildman–Crippen MR) is 98.0 cm³/mol. The van der Waals surface area contributed by atoms with Crippen LogP contribution in [-0.2, 0) is 4.74 Å². The number of hydrogen-bond acceptors (Lipinski definition) is 6. The molecule has 0 saturated heterocycles. The van der Waals surface area contributed by atoms with Gasteiger partial charge in [-0.1, -0.05) is 30.0 Å². The lowest BCUT2D eigenvalue weighted by Crippen LogP contribution is -2.07. The first-order valence-electron chi connectivity index (χ1n) is 7.91. The molecule has 1 N–H and O–H groups in total. The van der Waals surface area contributed by atoms with Crippen LogP contribution in [0.4, 0.5) is 0 Å². The molecule has 26 heavy (non-hydrogen) atoms. The second-order valence-electron chi connectivity index (χ2n) is 5.65. The molecule has 0 aliphatic rings. The van der Waals surface area contributed by atoms with Gasteiger partial charge in [-0.15, -0.1) is 10.2 Å². The number of hydrogen-bond donors (Lipinski definition) is 1. The fourth-order valence-electron chi connectivity index (χ4n) is 2.73. The molecule has 0 aliphatic carbocycles. The van der Waals surface area contributed by atoms with Gasteiger partial charge < -0.3 is 9.72 Å². The molecular formula is C18H18N4O3S. The standard InChI is InChI=1S/C18H18N4O3S/c1-11-15(17(24)25-3)12(2)20-16(11)14(23)9-26-18-21-19-10-22(18)13-7-5-4-6-8-13/h4-8,10,20H,9H2,1-3H3. The number of aromatic nitrogens is 4. The molecule has 0 saturated carbocycles. The Hall–Kier alpha value is -2.87. The van der Waals surface area contributed by atoms with Gasteiger partial charge >= 0.3 is 5.97 Å². The third-order valence-electron chi connectivity index (χ3n) is 3.99. The summed E-state index contributed by atoms with van der Waals surface area (Å²) in [5.74, 6) is -0.396. The number of carbonyl (C=O) groups is 2. The molecule has 1 aromatic carbocycles. The third kappa shape index (κ3) is 3.41. The van der Waals surface area contributed by atoms with Crippen LogP contribution in [-0.4, -0.2) is 44.4 Å². The molecule has 0 unspecified atom stereocenters. The topological polar surface area (TPSA) is 89.9 Å². The van der Waals surface area contributed by atoms with Crippen molar-refractivity contribution in [2.45, 2.75) is 19.0 Å². The molecule has 0 atom stereocenters. The van der Waals surface area contributed by atoms with E-state index in [1.807, 2.05) is 34.9 Å². The summed E-state index contributed by atoms with van der Waals surface area (Å²) in [5.41, 5.74) is 2.97. The molecule has 8 heteroatoms. The van der Waals surface area contributed by atoms with Crippen LogP contribution in [0.1, 0.15) is 32.1 Å². The zero-order valence-electron chi connectivity index (χ0n) is 14.6. The number of rotatable bonds is 6. The summed E-state index contributed by atoms with van der Waals surface area (Å²) in [5, 5.41) is 8.64. The number of ether oxygens (including phenoxy) is 1. The molecule has 2 aromatic heterocycles. The first-order chi connectivity index (χ1) is 12.5. The number of Topliss-reactive ketones (excluding diaryl/α,β-unsaturated/α-hetero) is 1. The van der Waals surface area contributed by atoms with Crippen LogP contribution < -0.4 is 0 Å². The molecule has 2 heterocycles. The van der Waals surface area contributed by atoms with Crippen LogP contribution in [0.2, 0.25) is 0 Å². The molecular weight excluding hydrogens is 352 g/mol. The first-order valence-corrected chi connectivity index (χ1v) is 8.90. The molecule has 0 bridgehead atoms. The minimum absolute atomic E-state index is 0.117. The SMILES string of the molecule is COC(=O)c1c(C)[nH]c(C(=O)CSc2nncn2-c2ccccc2)c1C. The van der Waals surface area contributed by atoms with Gasteiger partial charge in [-0.05, 0) is 31.5 Å². The van der Waals surface area contributed by atoms with Gasteiger partial charge in [-0.3, -0.25) is 9.36 Å². The summed E-state index contributed by atoms with van der Waals surface area (Å²) in [6, 6.07) is 9.66. The third-order valence-corrected chi connectivity index (χ3v) is 4.93. The Labute approximate surface area is 154 Å². The van der Waals surface area contributed by atoms with Crippen LogP contribution in [0.5, 0.6) is 0 Å². The predicted octanol–water partition coefficient (Wildman–Crippen LogP) is 2.97. The first kappa shape index (κ1) is 17.9. The van der Waals surface area contributed by atoms with Crippen LogP contribution in [0.3, 0.4) is 0 Å². The van der Waals surface area contributed by atoms with E-state index in [0.29, 0.717) is 27.7 Å².